The summed E-state index contributed by atoms with van der Waals surface area (Å²) in [5.41, 5.74) is 0. The van der Waals surface area contributed by atoms with Gasteiger partial charge in [0.05, 0.1) is 6.54 Å². The predicted octanol–water partition coefficient (Wildman–Crippen LogP) is 2.34. The van der Waals surface area contributed by atoms with Gasteiger partial charge in [-0.1, -0.05) is 6.42 Å². The first-order valence-corrected chi connectivity index (χ1v) is 9.53. The lowest BCUT2D eigenvalue weighted by Crippen LogP contribution is -2.44. The maximum atomic E-state index is 4.86. The maximum Gasteiger partial charge on any atom is 0.194 e. The molecule has 1 aromatic heterocycles. The van der Waals surface area contributed by atoms with Crippen molar-refractivity contribution < 1.29 is 0 Å². The molecule has 1 atom stereocenters. The molecule has 0 spiro atoms. The number of aliphatic imine (C=N–C) groups is 1. The minimum absolute atomic E-state index is 0. The van der Waals surface area contributed by atoms with Crippen LogP contribution in [-0.2, 0) is 6.54 Å². The molecule has 3 heterocycles. The predicted molar refractivity (Wildman–Crippen MR) is 114 cm³/mol. The average Bonchev–Trinajstić information content (AvgIpc) is 3.25. The normalized spacial score (nSPS) is 22.1. The van der Waals surface area contributed by atoms with Crippen LogP contribution in [0.1, 0.15) is 38.4 Å². The van der Waals surface area contributed by atoms with Crippen molar-refractivity contribution in [2.75, 3.05) is 39.3 Å². The van der Waals surface area contributed by atoms with Crippen LogP contribution in [0.15, 0.2) is 17.4 Å². The van der Waals surface area contributed by atoms with E-state index in [4.69, 9.17) is 4.99 Å². The number of nitrogens with one attached hydrogen (secondary N) is 1. The molecular weight excluding hydrogens is 427 g/mol. The summed E-state index contributed by atoms with van der Waals surface area (Å²) < 4.78 is 2.16. The van der Waals surface area contributed by atoms with Crippen LogP contribution in [0.2, 0.25) is 0 Å². The van der Waals surface area contributed by atoms with Crippen LogP contribution in [0.5, 0.6) is 0 Å². The van der Waals surface area contributed by atoms with Crippen molar-refractivity contribution in [3.05, 3.63) is 18.2 Å². The zero-order valence-electron chi connectivity index (χ0n) is 15.7. The number of hydrogen-bond acceptors (Lipinski definition) is 3. The van der Waals surface area contributed by atoms with Gasteiger partial charge in [-0.15, -0.1) is 24.0 Å². The lowest BCUT2D eigenvalue weighted by molar-refractivity contribution is 0.168. The Kier molecular flexibility index (Phi) is 8.48. The third-order valence-electron chi connectivity index (χ3n) is 5.23. The van der Waals surface area contributed by atoms with Gasteiger partial charge in [0.1, 0.15) is 5.82 Å². The van der Waals surface area contributed by atoms with E-state index in [2.05, 4.69) is 31.6 Å². The monoisotopic (exact) mass is 460 g/mol. The summed E-state index contributed by atoms with van der Waals surface area (Å²) in [5, 5.41) is 3.48. The molecule has 142 valence electrons. The molecule has 2 fully saturated rings. The van der Waals surface area contributed by atoms with Crippen LogP contribution in [0.4, 0.5) is 0 Å². The highest BCUT2D eigenvalue weighted by atomic mass is 127. The molecular formula is C18H33IN6. The molecule has 2 saturated heterocycles. The molecule has 2 aliphatic rings. The minimum atomic E-state index is 0. The number of nitrogens with zero attached hydrogens (tertiary/aromatic N) is 5. The molecule has 1 aromatic rings. The van der Waals surface area contributed by atoms with Crippen molar-refractivity contribution in [3.63, 3.8) is 0 Å². The van der Waals surface area contributed by atoms with Crippen molar-refractivity contribution >= 4 is 29.9 Å². The van der Waals surface area contributed by atoms with Crippen molar-refractivity contribution in [2.24, 2.45) is 4.99 Å². The van der Waals surface area contributed by atoms with Crippen LogP contribution in [0, 0.1) is 6.92 Å². The number of likely N-dealkylation sites (tertiary alicyclic amines) is 2. The second-order valence-electron chi connectivity index (χ2n) is 6.89. The van der Waals surface area contributed by atoms with Gasteiger partial charge in [0.2, 0.25) is 0 Å². The average molecular weight is 460 g/mol. The summed E-state index contributed by atoms with van der Waals surface area (Å²) in [4.78, 5) is 14.3. The Hall–Kier alpha value is -0.830. The van der Waals surface area contributed by atoms with E-state index in [0.29, 0.717) is 6.04 Å². The Labute approximate surface area is 169 Å². The molecule has 0 radical (unpaired) electrons. The summed E-state index contributed by atoms with van der Waals surface area (Å²) in [7, 11) is 0. The highest BCUT2D eigenvalue weighted by Gasteiger charge is 2.29. The zero-order valence-corrected chi connectivity index (χ0v) is 18.0. The molecule has 0 amide bonds. The summed E-state index contributed by atoms with van der Waals surface area (Å²) in [6.45, 7) is 11.6. The van der Waals surface area contributed by atoms with Gasteiger partial charge in [-0.05, 0) is 46.2 Å². The Balaban J connectivity index is 0.00000225. The SMILES string of the molecule is CCNC(=NCCn1ccnc1C)N1CCC(N2CCCCC2)C1.I. The van der Waals surface area contributed by atoms with E-state index >= 15 is 0 Å². The Morgan fingerprint density at radius 3 is 2.76 bits per heavy atom. The van der Waals surface area contributed by atoms with E-state index in [9.17, 15) is 0 Å². The van der Waals surface area contributed by atoms with Crippen LogP contribution >= 0.6 is 24.0 Å². The van der Waals surface area contributed by atoms with Gasteiger partial charge < -0.3 is 14.8 Å². The number of guanidine groups is 1. The molecule has 2 aliphatic heterocycles. The second kappa shape index (κ2) is 10.4. The Morgan fingerprint density at radius 1 is 1.28 bits per heavy atom. The van der Waals surface area contributed by atoms with E-state index in [1.54, 1.807) is 0 Å². The quantitative estimate of drug-likeness (QED) is 0.417. The third-order valence-corrected chi connectivity index (χ3v) is 5.23. The van der Waals surface area contributed by atoms with E-state index in [0.717, 1.165) is 44.5 Å². The van der Waals surface area contributed by atoms with E-state index in [1.165, 1.54) is 38.8 Å². The Morgan fingerprint density at radius 2 is 2.08 bits per heavy atom. The zero-order chi connectivity index (χ0) is 16.8. The van der Waals surface area contributed by atoms with Gasteiger partial charge in [-0.2, -0.15) is 0 Å². The van der Waals surface area contributed by atoms with Crippen molar-refractivity contribution in [1.82, 2.24) is 24.7 Å². The fourth-order valence-electron chi connectivity index (χ4n) is 3.85. The smallest absolute Gasteiger partial charge is 0.194 e. The Bertz CT molecular complexity index is 537. The summed E-state index contributed by atoms with van der Waals surface area (Å²) in [6.07, 6.45) is 9.30. The molecule has 25 heavy (non-hydrogen) atoms. The molecule has 0 aliphatic carbocycles. The summed E-state index contributed by atoms with van der Waals surface area (Å²) >= 11 is 0. The van der Waals surface area contributed by atoms with Crippen LogP contribution < -0.4 is 5.32 Å². The number of aryl methyl sites for hydroxylation is 1. The number of imidazole rings is 1. The third kappa shape index (κ3) is 5.57. The summed E-state index contributed by atoms with van der Waals surface area (Å²) in [5.74, 6) is 2.14. The molecule has 1 unspecified atom stereocenters. The number of halogens is 1. The van der Waals surface area contributed by atoms with Crippen LogP contribution in [0.3, 0.4) is 0 Å². The van der Waals surface area contributed by atoms with E-state index in [-0.39, 0.29) is 24.0 Å². The molecule has 7 heteroatoms. The number of hydrogen-bond donors (Lipinski definition) is 1. The lowest BCUT2D eigenvalue weighted by atomic mass is 10.1. The minimum Gasteiger partial charge on any atom is -0.357 e. The second-order valence-corrected chi connectivity index (χ2v) is 6.89. The molecule has 0 saturated carbocycles. The largest absolute Gasteiger partial charge is 0.357 e. The van der Waals surface area contributed by atoms with E-state index < -0.39 is 0 Å². The highest BCUT2D eigenvalue weighted by molar-refractivity contribution is 14.0. The van der Waals surface area contributed by atoms with Crippen molar-refractivity contribution in [2.45, 2.75) is 52.1 Å². The first kappa shape index (κ1) is 20.5. The molecule has 1 N–H and O–H groups in total. The van der Waals surface area contributed by atoms with Gasteiger partial charge in [-0.25, -0.2) is 4.98 Å². The standard InChI is InChI=1S/C18H32N6.HI/c1-3-19-18(21-9-14-22-13-8-20-16(22)2)24-12-7-17(15-24)23-10-5-4-6-11-23;/h8,13,17H,3-7,9-12,14-15H2,1-2H3,(H,19,21);1H. The van der Waals surface area contributed by atoms with Gasteiger partial charge in [0.25, 0.3) is 0 Å². The van der Waals surface area contributed by atoms with Gasteiger partial charge in [-0.3, -0.25) is 9.89 Å². The van der Waals surface area contributed by atoms with Gasteiger partial charge in [0, 0.05) is 44.6 Å². The van der Waals surface area contributed by atoms with Gasteiger partial charge in [0.15, 0.2) is 5.96 Å². The number of rotatable bonds is 5. The molecule has 0 bridgehead atoms. The van der Waals surface area contributed by atoms with Crippen molar-refractivity contribution in [1.29, 1.82) is 0 Å². The molecule has 6 nitrogen and oxygen atoms in total. The van der Waals surface area contributed by atoms with Crippen molar-refractivity contribution in [3.8, 4) is 0 Å². The van der Waals surface area contributed by atoms with Crippen LogP contribution in [0.25, 0.3) is 0 Å². The first-order valence-electron chi connectivity index (χ1n) is 9.53. The van der Waals surface area contributed by atoms with Gasteiger partial charge >= 0.3 is 0 Å². The van der Waals surface area contributed by atoms with Crippen LogP contribution in [-0.4, -0.2) is 70.6 Å². The maximum absolute atomic E-state index is 4.86. The van der Waals surface area contributed by atoms with E-state index in [1.807, 2.05) is 19.3 Å². The lowest BCUT2D eigenvalue weighted by Gasteiger charge is -2.32. The topological polar surface area (TPSA) is 48.7 Å². The first-order chi connectivity index (χ1) is 11.8. The number of piperidine rings is 1. The molecule has 3 rings (SSSR count). The fourth-order valence-corrected chi connectivity index (χ4v) is 3.85. The summed E-state index contributed by atoms with van der Waals surface area (Å²) in [6, 6.07) is 0.713. The fraction of sp³-hybridized carbons (Fsp3) is 0.778. The highest BCUT2D eigenvalue weighted by Crippen LogP contribution is 2.20. The molecule has 0 aromatic carbocycles. The number of aromatic nitrogens is 2.